The van der Waals surface area contributed by atoms with Crippen molar-refractivity contribution in [3.05, 3.63) is 0 Å². The molecule has 13 heavy (non-hydrogen) atoms. The van der Waals surface area contributed by atoms with Crippen LogP contribution in [0.15, 0.2) is 0 Å². The average Bonchev–Trinajstić information content (AvgIpc) is 2.56. The van der Waals surface area contributed by atoms with E-state index >= 15 is 0 Å². The Kier molecular flexibility index (Phi) is 3.89. The maximum Gasteiger partial charge on any atom is 0.430 e. The second-order valence-corrected chi connectivity index (χ2v) is 7.50. The van der Waals surface area contributed by atoms with E-state index in [1.54, 1.807) is 6.92 Å². The molecule has 0 spiro atoms. The summed E-state index contributed by atoms with van der Waals surface area (Å²) in [4.78, 5) is 0. The maximum absolute atomic E-state index is 13.8. The number of hydrogen-bond acceptors (Lipinski definition) is 0. The minimum Gasteiger partial charge on any atom is -0.270 e. The highest BCUT2D eigenvalue weighted by molar-refractivity contribution is 6.69. The lowest BCUT2D eigenvalue weighted by Gasteiger charge is -2.25. The quantitative estimate of drug-likeness (QED) is 0.469. The zero-order valence-corrected chi connectivity index (χ0v) is 9.65. The van der Waals surface area contributed by atoms with Gasteiger partial charge in [-0.15, -0.1) is 0 Å². The number of rotatable bonds is 4. The minimum atomic E-state index is -3.89. The first kappa shape index (κ1) is 11.2. The van der Waals surface area contributed by atoms with Crippen LogP contribution in [-0.4, -0.2) is 8.74 Å². The van der Waals surface area contributed by atoms with Gasteiger partial charge < -0.3 is 0 Å². The SMILES string of the molecule is CCCC(C)[Si](F)(F)C1CCCC1. The molecule has 0 nitrogen and oxygen atoms in total. The van der Waals surface area contributed by atoms with Crippen molar-refractivity contribution in [2.24, 2.45) is 0 Å². The topological polar surface area (TPSA) is 0 Å². The largest absolute Gasteiger partial charge is 0.430 e. The monoisotopic (exact) mass is 206 g/mol. The van der Waals surface area contributed by atoms with Crippen LogP contribution in [0.1, 0.15) is 52.4 Å². The van der Waals surface area contributed by atoms with Crippen molar-refractivity contribution in [2.45, 2.75) is 63.5 Å². The summed E-state index contributed by atoms with van der Waals surface area (Å²) < 4.78 is 27.7. The Morgan fingerprint density at radius 1 is 1.31 bits per heavy atom. The Bertz CT molecular complexity index is 153. The van der Waals surface area contributed by atoms with Crippen molar-refractivity contribution in [3.63, 3.8) is 0 Å². The van der Waals surface area contributed by atoms with Crippen molar-refractivity contribution >= 4 is 8.74 Å². The fourth-order valence-corrected chi connectivity index (χ4v) is 4.99. The molecular weight excluding hydrogens is 186 g/mol. The van der Waals surface area contributed by atoms with E-state index in [1.165, 1.54) is 0 Å². The summed E-state index contributed by atoms with van der Waals surface area (Å²) in [5.41, 5.74) is -0.477. The second kappa shape index (κ2) is 4.53. The Balaban J connectivity index is 2.51. The molecule has 0 radical (unpaired) electrons. The van der Waals surface area contributed by atoms with Gasteiger partial charge in [0, 0.05) is 11.1 Å². The Morgan fingerprint density at radius 3 is 2.31 bits per heavy atom. The molecule has 1 fully saturated rings. The summed E-state index contributed by atoms with van der Waals surface area (Å²) in [5, 5.41) is 0. The molecule has 1 unspecified atom stereocenters. The first-order valence-electron chi connectivity index (χ1n) is 5.46. The van der Waals surface area contributed by atoms with Crippen LogP contribution in [0.2, 0.25) is 11.1 Å². The van der Waals surface area contributed by atoms with Gasteiger partial charge >= 0.3 is 8.74 Å². The molecule has 0 N–H and O–H groups in total. The fraction of sp³-hybridized carbons (Fsp3) is 1.00. The van der Waals surface area contributed by atoms with Crippen LogP contribution in [0.5, 0.6) is 0 Å². The summed E-state index contributed by atoms with van der Waals surface area (Å²) in [6, 6.07) is 0. The van der Waals surface area contributed by atoms with Gasteiger partial charge in [-0.2, -0.15) is 0 Å². The Labute approximate surface area is 81.1 Å². The highest BCUT2D eigenvalue weighted by Gasteiger charge is 2.49. The van der Waals surface area contributed by atoms with Gasteiger partial charge in [0.1, 0.15) is 0 Å². The second-order valence-electron chi connectivity index (χ2n) is 4.35. The van der Waals surface area contributed by atoms with Gasteiger partial charge in [0.05, 0.1) is 0 Å². The van der Waals surface area contributed by atoms with Crippen molar-refractivity contribution < 1.29 is 8.22 Å². The Morgan fingerprint density at radius 2 is 1.85 bits per heavy atom. The standard InChI is InChI=1S/C10H20F2Si/c1-3-6-9(2)13(11,12)10-7-4-5-8-10/h9-10H,3-8H2,1-2H3. The normalized spacial score (nSPS) is 22.2. The third-order valence-corrected chi connectivity index (χ3v) is 6.55. The molecule has 78 valence electrons. The van der Waals surface area contributed by atoms with E-state index in [2.05, 4.69) is 0 Å². The summed E-state index contributed by atoms with van der Waals surface area (Å²) in [6.07, 6.45) is 5.28. The molecule has 0 aromatic carbocycles. The van der Waals surface area contributed by atoms with Crippen molar-refractivity contribution in [1.82, 2.24) is 0 Å². The molecule has 1 rings (SSSR count). The molecule has 0 amide bonds. The molecular formula is C10H20F2Si. The van der Waals surface area contributed by atoms with E-state index in [0.29, 0.717) is 0 Å². The van der Waals surface area contributed by atoms with Crippen LogP contribution in [0.4, 0.5) is 8.22 Å². The molecule has 1 atom stereocenters. The molecule has 3 heteroatoms. The van der Waals surface area contributed by atoms with Crippen LogP contribution in [-0.2, 0) is 0 Å². The fourth-order valence-electron chi connectivity index (χ4n) is 2.34. The summed E-state index contributed by atoms with van der Waals surface area (Å²) in [7, 11) is -3.89. The van der Waals surface area contributed by atoms with Gasteiger partial charge in [0.2, 0.25) is 0 Å². The molecule has 0 heterocycles. The predicted molar refractivity (Wildman–Crippen MR) is 54.5 cm³/mol. The van der Waals surface area contributed by atoms with Crippen molar-refractivity contribution in [2.75, 3.05) is 0 Å². The van der Waals surface area contributed by atoms with Gasteiger partial charge in [0.25, 0.3) is 0 Å². The van der Waals surface area contributed by atoms with Gasteiger partial charge in [-0.05, 0) is 19.3 Å². The third kappa shape index (κ3) is 2.52. The van der Waals surface area contributed by atoms with Crippen LogP contribution < -0.4 is 0 Å². The average molecular weight is 206 g/mol. The van der Waals surface area contributed by atoms with E-state index < -0.39 is 8.74 Å². The smallest absolute Gasteiger partial charge is 0.270 e. The molecule has 0 aromatic rings. The molecule has 0 bridgehead atoms. The minimum absolute atomic E-state index is 0.186. The zero-order chi connectivity index (χ0) is 9.90. The van der Waals surface area contributed by atoms with Crippen LogP contribution in [0.25, 0.3) is 0 Å². The van der Waals surface area contributed by atoms with Crippen molar-refractivity contribution in [1.29, 1.82) is 0 Å². The highest BCUT2D eigenvalue weighted by Crippen LogP contribution is 2.46. The molecule has 1 saturated carbocycles. The maximum atomic E-state index is 13.8. The first-order valence-corrected chi connectivity index (χ1v) is 7.38. The lowest BCUT2D eigenvalue weighted by molar-refractivity contribution is 0.492. The van der Waals surface area contributed by atoms with Crippen LogP contribution >= 0.6 is 0 Å². The van der Waals surface area contributed by atoms with E-state index in [1.807, 2.05) is 6.92 Å². The first-order chi connectivity index (χ1) is 6.09. The van der Waals surface area contributed by atoms with E-state index in [-0.39, 0.29) is 11.1 Å². The lowest BCUT2D eigenvalue weighted by atomic mass is 10.3. The van der Waals surface area contributed by atoms with Gasteiger partial charge in [-0.25, -0.2) is 0 Å². The van der Waals surface area contributed by atoms with Crippen LogP contribution in [0, 0.1) is 0 Å². The van der Waals surface area contributed by atoms with Crippen LogP contribution in [0.3, 0.4) is 0 Å². The third-order valence-electron chi connectivity index (χ3n) is 3.28. The molecule has 1 aliphatic carbocycles. The van der Waals surface area contributed by atoms with Gasteiger partial charge in [-0.3, -0.25) is 8.22 Å². The lowest BCUT2D eigenvalue weighted by Crippen LogP contribution is -2.33. The number of hydrogen-bond donors (Lipinski definition) is 0. The van der Waals surface area contributed by atoms with E-state index in [0.717, 1.165) is 38.5 Å². The van der Waals surface area contributed by atoms with E-state index in [9.17, 15) is 8.22 Å². The molecule has 0 saturated heterocycles. The highest BCUT2D eigenvalue weighted by atomic mass is 28.4. The summed E-state index contributed by atoms with van der Waals surface area (Å²) in [6.45, 7) is 3.75. The zero-order valence-electron chi connectivity index (χ0n) is 8.65. The van der Waals surface area contributed by atoms with Gasteiger partial charge in [0.15, 0.2) is 0 Å². The number of halogens is 2. The molecule has 1 aliphatic rings. The summed E-state index contributed by atoms with van der Waals surface area (Å²) >= 11 is 0. The predicted octanol–water partition coefficient (Wildman–Crippen LogP) is 4.50. The van der Waals surface area contributed by atoms with Crippen molar-refractivity contribution in [3.8, 4) is 0 Å². The Hall–Kier alpha value is 0.0769. The molecule has 0 aromatic heterocycles. The summed E-state index contributed by atoms with van der Waals surface area (Å²) in [5.74, 6) is 0. The molecule has 0 aliphatic heterocycles. The van der Waals surface area contributed by atoms with Gasteiger partial charge in [-0.1, -0.05) is 33.1 Å². The van der Waals surface area contributed by atoms with E-state index in [4.69, 9.17) is 0 Å².